The van der Waals surface area contributed by atoms with Crippen LogP contribution in [-0.2, 0) is 0 Å². The Morgan fingerprint density at radius 2 is 2.21 bits per heavy atom. The Morgan fingerprint density at radius 1 is 1.38 bits per heavy atom. The number of carbonyl (C=O) groups is 1. The van der Waals surface area contributed by atoms with Crippen molar-refractivity contribution in [1.82, 2.24) is 15.6 Å². The van der Waals surface area contributed by atoms with Gasteiger partial charge in [-0.05, 0) is 55.3 Å². The first-order chi connectivity index (χ1) is 11.7. The molecule has 1 amide bonds. The fourth-order valence-corrected chi connectivity index (χ4v) is 4.08. The Bertz CT molecular complexity index is 796. The predicted molar refractivity (Wildman–Crippen MR) is 87.6 cm³/mol. The van der Waals surface area contributed by atoms with Crippen molar-refractivity contribution in [3.05, 3.63) is 41.8 Å². The highest BCUT2D eigenvalue weighted by atomic mass is 32.2. The highest BCUT2D eigenvalue weighted by Gasteiger charge is 2.39. The molecule has 2 aliphatic heterocycles. The Hall–Kier alpha value is -2.30. The first-order valence-electron chi connectivity index (χ1n) is 7.92. The molecule has 3 heterocycles. The molecule has 2 aliphatic rings. The van der Waals surface area contributed by atoms with Gasteiger partial charge in [0.05, 0.1) is 6.20 Å². The monoisotopic (exact) mass is 340 g/mol. The summed E-state index contributed by atoms with van der Waals surface area (Å²) >= 11 is 1.32. The van der Waals surface area contributed by atoms with Crippen LogP contribution in [0.3, 0.4) is 0 Å². The average molecular weight is 340 g/mol. The highest BCUT2D eigenvalue weighted by molar-refractivity contribution is 7.99. The molecule has 0 spiro atoms. The van der Waals surface area contributed by atoms with Crippen LogP contribution in [-0.4, -0.2) is 29.0 Å². The number of benzene rings is 1. The quantitative estimate of drug-likeness (QED) is 0.887. The second-order valence-electron chi connectivity index (χ2n) is 6.09. The van der Waals surface area contributed by atoms with Crippen LogP contribution in [0.25, 0.3) is 0 Å². The van der Waals surface area contributed by atoms with Crippen molar-refractivity contribution in [2.45, 2.75) is 47.5 Å². The molecular weight excluding hydrogens is 324 g/mol. The summed E-state index contributed by atoms with van der Waals surface area (Å²) in [5.74, 6) is 0.154. The van der Waals surface area contributed by atoms with E-state index in [0.717, 1.165) is 17.7 Å². The van der Waals surface area contributed by atoms with E-state index in [0.29, 0.717) is 22.9 Å². The summed E-state index contributed by atoms with van der Waals surface area (Å²) in [6, 6.07) is 10.4. The van der Waals surface area contributed by atoms with E-state index in [1.165, 1.54) is 24.4 Å². The second kappa shape index (κ2) is 6.30. The third-order valence-electron chi connectivity index (χ3n) is 4.53. The van der Waals surface area contributed by atoms with Crippen molar-refractivity contribution in [1.29, 1.82) is 5.26 Å². The molecule has 2 bridgehead atoms. The van der Waals surface area contributed by atoms with E-state index in [-0.39, 0.29) is 17.7 Å². The third-order valence-corrected chi connectivity index (χ3v) is 5.40. The van der Waals surface area contributed by atoms with Crippen LogP contribution in [0.2, 0.25) is 0 Å². The molecule has 4 rings (SSSR count). The molecule has 0 radical (unpaired) electrons. The lowest BCUT2D eigenvalue weighted by molar-refractivity contribution is 0.0931. The number of nitriles is 1. The van der Waals surface area contributed by atoms with E-state index in [2.05, 4.69) is 15.6 Å². The second-order valence-corrected chi connectivity index (χ2v) is 7.12. The number of nitrogens with zero attached hydrogens (tertiary/aromatic N) is 2. The normalized spacial score (nSPS) is 24.7. The van der Waals surface area contributed by atoms with Gasteiger partial charge in [0.2, 0.25) is 5.76 Å². The Morgan fingerprint density at radius 3 is 2.83 bits per heavy atom. The van der Waals surface area contributed by atoms with Gasteiger partial charge >= 0.3 is 0 Å². The fraction of sp³-hybridized carbons (Fsp3) is 0.353. The van der Waals surface area contributed by atoms with E-state index in [1.807, 2.05) is 18.2 Å². The lowest BCUT2D eigenvalue weighted by atomic mass is 9.95. The summed E-state index contributed by atoms with van der Waals surface area (Å²) in [6.07, 6.45) is 4.78. The number of carbonyl (C=O) groups excluding carboxylic acids is 1. The molecule has 7 heteroatoms. The van der Waals surface area contributed by atoms with Gasteiger partial charge in [-0.2, -0.15) is 5.26 Å². The van der Waals surface area contributed by atoms with E-state index in [4.69, 9.17) is 9.68 Å². The van der Waals surface area contributed by atoms with Crippen LogP contribution in [0.15, 0.2) is 45.0 Å². The summed E-state index contributed by atoms with van der Waals surface area (Å²) < 4.78 is 5.24. The van der Waals surface area contributed by atoms with Crippen molar-refractivity contribution in [3.63, 3.8) is 0 Å². The minimum absolute atomic E-state index is 0.0335. The molecule has 2 fully saturated rings. The van der Waals surface area contributed by atoms with Crippen LogP contribution in [0.5, 0.6) is 0 Å². The van der Waals surface area contributed by atoms with Gasteiger partial charge in [-0.3, -0.25) is 4.79 Å². The lowest BCUT2D eigenvalue weighted by Gasteiger charge is -2.21. The number of rotatable bonds is 4. The van der Waals surface area contributed by atoms with Crippen molar-refractivity contribution < 1.29 is 9.21 Å². The smallest absolute Gasteiger partial charge is 0.261 e. The van der Waals surface area contributed by atoms with E-state index >= 15 is 0 Å². The molecule has 2 N–H and O–H groups in total. The average Bonchev–Trinajstić information content (AvgIpc) is 3.32. The summed E-state index contributed by atoms with van der Waals surface area (Å²) in [4.78, 5) is 17.3. The minimum Gasteiger partial charge on any atom is -0.420 e. The largest absolute Gasteiger partial charge is 0.420 e. The minimum atomic E-state index is -0.0335. The molecule has 24 heavy (non-hydrogen) atoms. The van der Waals surface area contributed by atoms with Crippen LogP contribution < -0.4 is 10.6 Å². The number of hydrogen-bond acceptors (Lipinski definition) is 6. The van der Waals surface area contributed by atoms with E-state index in [9.17, 15) is 4.79 Å². The zero-order valence-corrected chi connectivity index (χ0v) is 13.7. The molecule has 1 aromatic heterocycles. The standard InChI is InChI=1S/C17H16N4O2S/c18-8-12-9-19-17(23-12)24-13-4-1-10(2-5-13)16(22)21-15-7-11-3-6-14(15)20-11/h1-2,4-5,9,11,14-15,20H,3,6-7H2,(H,21,22)/t11-,14+,15-/m1/s1. The van der Waals surface area contributed by atoms with Gasteiger partial charge in [-0.1, -0.05) is 0 Å². The van der Waals surface area contributed by atoms with Crippen LogP contribution in [0, 0.1) is 11.3 Å². The summed E-state index contributed by atoms with van der Waals surface area (Å²) in [6.45, 7) is 0. The fourth-order valence-electron chi connectivity index (χ4n) is 3.37. The summed E-state index contributed by atoms with van der Waals surface area (Å²) in [5.41, 5.74) is 0.646. The Kier molecular flexibility index (Phi) is 4.00. The van der Waals surface area contributed by atoms with Crippen LogP contribution in [0.4, 0.5) is 0 Å². The van der Waals surface area contributed by atoms with Gasteiger partial charge in [-0.15, -0.1) is 0 Å². The molecule has 0 unspecified atom stereocenters. The zero-order chi connectivity index (χ0) is 16.5. The third kappa shape index (κ3) is 3.03. The molecule has 1 aromatic carbocycles. The predicted octanol–water partition coefficient (Wildman–Crippen LogP) is 2.32. The number of oxazole rings is 1. The number of hydrogen-bond donors (Lipinski definition) is 2. The van der Waals surface area contributed by atoms with E-state index < -0.39 is 0 Å². The van der Waals surface area contributed by atoms with Gasteiger partial charge in [0.25, 0.3) is 11.1 Å². The van der Waals surface area contributed by atoms with Crippen molar-refractivity contribution in [3.8, 4) is 6.07 Å². The number of aromatic nitrogens is 1. The maximum absolute atomic E-state index is 12.4. The lowest BCUT2D eigenvalue weighted by Crippen LogP contribution is -2.42. The maximum Gasteiger partial charge on any atom is 0.261 e. The number of fused-ring (bicyclic) bond motifs is 2. The molecule has 0 aliphatic carbocycles. The summed E-state index contributed by atoms with van der Waals surface area (Å²) in [7, 11) is 0. The molecule has 122 valence electrons. The van der Waals surface area contributed by atoms with Gasteiger partial charge < -0.3 is 15.1 Å². The van der Waals surface area contributed by atoms with Gasteiger partial charge in [-0.25, -0.2) is 4.98 Å². The number of amides is 1. The first-order valence-corrected chi connectivity index (χ1v) is 8.73. The van der Waals surface area contributed by atoms with Crippen LogP contribution >= 0.6 is 11.8 Å². The van der Waals surface area contributed by atoms with Crippen molar-refractivity contribution >= 4 is 17.7 Å². The van der Waals surface area contributed by atoms with Crippen molar-refractivity contribution in [2.75, 3.05) is 0 Å². The maximum atomic E-state index is 12.4. The molecular formula is C17H16N4O2S. The number of nitrogens with one attached hydrogen (secondary N) is 2. The first kappa shape index (κ1) is 15.2. The highest BCUT2D eigenvalue weighted by Crippen LogP contribution is 2.29. The molecule has 2 saturated heterocycles. The van der Waals surface area contributed by atoms with Crippen molar-refractivity contribution in [2.24, 2.45) is 0 Å². The van der Waals surface area contributed by atoms with Gasteiger partial charge in [0, 0.05) is 28.6 Å². The SMILES string of the molecule is N#Cc1cnc(Sc2ccc(C(=O)N[C@@H]3C[C@H]4CC[C@@H]3N4)cc2)o1. The van der Waals surface area contributed by atoms with Gasteiger partial charge in [0.1, 0.15) is 6.07 Å². The topological polar surface area (TPSA) is 91.0 Å². The molecule has 6 nitrogen and oxygen atoms in total. The molecule has 2 aromatic rings. The Balaban J connectivity index is 1.38. The Labute approximate surface area is 143 Å². The molecule has 3 atom stereocenters. The molecule has 0 saturated carbocycles. The van der Waals surface area contributed by atoms with Gasteiger partial charge in [0.15, 0.2) is 0 Å². The van der Waals surface area contributed by atoms with E-state index in [1.54, 1.807) is 12.1 Å². The zero-order valence-electron chi connectivity index (χ0n) is 12.9. The summed E-state index contributed by atoms with van der Waals surface area (Å²) in [5, 5.41) is 15.8. The van der Waals surface area contributed by atoms with Crippen LogP contribution in [0.1, 0.15) is 35.4 Å².